The van der Waals surface area contributed by atoms with Crippen molar-refractivity contribution in [3.8, 4) is 0 Å². The third kappa shape index (κ3) is 2.35. The molecule has 0 saturated heterocycles. The summed E-state index contributed by atoms with van der Waals surface area (Å²) in [4.78, 5) is 12.1. The number of carbonyl (C=O) groups is 1. The van der Waals surface area contributed by atoms with E-state index in [4.69, 9.17) is 0 Å². The lowest BCUT2D eigenvalue weighted by Crippen LogP contribution is -1.90. The van der Waals surface area contributed by atoms with Gasteiger partial charge in [0.05, 0.1) is 9.09 Å². The van der Waals surface area contributed by atoms with Gasteiger partial charge in [-0.2, -0.15) is 0 Å². The fourth-order valence-corrected chi connectivity index (χ4v) is 2.92. The second-order valence-electron chi connectivity index (χ2n) is 2.33. The maximum absolute atomic E-state index is 11.2. The molecule has 0 saturated carbocycles. The molecule has 0 fully saturated rings. The molecule has 1 heterocycles. The standard InChI is InChI=1S/C9H12OS2/c1-3-7(10)8-5-6-9(12-8)11-4-2/h5-6H,3-4H2,1-2H3. The predicted octanol–water partition coefficient (Wildman–Crippen LogP) is 3.45. The number of thiophene rings is 1. The Balaban J connectivity index is 2.70. The van der Waals surface area contributed by atoms with Crippen LogP contribution in [0.4, 0.5) is 0 Å². The Kier molecular flexibility index (Phi) is 3.82. The summed E-state index contributed by atoms with van der Waals surface area (Å²) in [6, 6.07) is 3.95. The fourth-order valence-electron chi connectivity index (χ4n) is 0.864. The zero-order chi connectivity index (χ0) is 8.97. The third-order valence-corrected chi connectivity index (χ3v) is 3.70. The molecule has 0 N–H and O–H groups in total. The molecule has 0 radical (unpaired) electrons. The van der Waals surface area contributed by atoms with Gasteiger partial charge in [-0.3, -0.25) is 4.79 Å². The normalized spacial score (nSPS) is 10.2. The van der Waals surface area contributed by atoms with E-state index in [9.17, 15) is 4.79 Å². The fraction of sp³-hybridized carbons (Fsp3) is 0.444. The first-order valence-corrected chi connectivity index (χ1v) is 5.84. The second-order valence-corrected chi connectivity index (χ2v) is 4.98. The SMILES string of the molecule is CCSc1ccc(C(=O)CC)s1. The van der Waals surface area contributed by atoms with Gasteiger partial charge in [0.15, 0.2) is 5.78 Å². The van der Waals surface area contributed by atoms with Crippen molar-refractivity contribution in [3.05, 3.63) is 17.0 Å². The Bertz CT molecular complexity index is 265. The van der Waals surface area contributed by atoms with Gasteiger partial charge in [-0.25, -0.2) is 0 Å². The Morgan fingerprint density at radius 1 is 1.50 bits per heavy atom. The van der Waals surface area contributed by atoms with E-state index in [-0.39, 0.29) is 5.78 Å². The van der Waals surface area contributed by atoms with Crippen molar-refractivity contribution < 1.29 is 4.79 Å². The van der Waals surface area contributed by atoms with Gasteiger partial charge in [0.2, 0.25) is 0 Å². The molecule has 0 aliphatic rings. The summed E-state index contributed by atoms with van der Waals surface area (Å²) in [7, 11) is 0. The predicted molar refractivity (Wildman–Crippen MR) is 55.3 cm³/mol. The first-order chi connectivity index (χ1) is 5.77. The molecule has 0 aliphatic carbocycles. The molecule has 0 spiro atoms. The summed E-state index contributed by atoms with van der Waals surface area (Å²) in [5.41, 5.74) is 0. The molecule has 1 aromatic rings. The van der Waals surface area contributed by atoms with Crippen LogP contribution in [0.1, 0.15) is 29.9 Å². The summed E-state index contributed by atoms with van der Waals surface area (Å²) in [6.45, 7) is 4.01. The molecule has 1 rings (SSSR count). The van der Waals surface area contributed by atoms with Crippen molar-refractivity contribution in [2.75, 3.05) is 5.75 Å². The largest absolute Gasteiger partial charge is 0.293 e. The van der Waals surface area contributed by atoms with E-state index in [1.807, 2.05) is 19.1 Å². The molecule has 0 atom stereocenters. The highest BCUT2D eigenvalue weighted by Crippen LogP contribution is 2.27. The van der Waals surface area contributed by atoms with Crippen molar-refractivity contribution in [1.82, 2.24) is 0 Å². The summed E-state index contributed by atoms with van der Waals surface area (Å²) in [5.74, 6) is 1.32. The van der Waals surface area contributed by atoms with Crippen molar-refractivity contribution in [3.63, 3.8) is 0 Å². The van der Waals surface area contributed by atoms with E-state index in [1.165, 1.54) is 4.21 Å². The average Bonchev–Trinajstić information content (AvgIpc) is 2.52. The zero-order valence-corrected chi connectivity index (χ0v) is 8.93. The smallest absolute Gasteiger partial charge is 0.172 e. The molecule has 12 heavy (non-hydrogen) atoms. The lowest BCUT2D eigenvalue weighted by atomic mass is 10.3. The van der Waals surface area contributed by atoms with E-state index in [2.05, 4.69) is 6.92 Å². The average molecular weight is 200 g/mol. The first kappa shape index (κ1) is 9.81. The van der Waals surface area contributed by atoms with E-state index in [0.29, 0.717) is 6.42 Å². The van der Waals surface area contributed by atoms with E-state index in [1.54, 1.807) is 23.1 Å². The van der Waals surface area contributed by atoms with Crippen LogP contribution in [-0.2, 0) is 0 Å². The number of rotatable bonds is 4. The molecular weight excluding hydrogens is 188 g/mol. The number of thioether (sulfide) groups is 1. The second kappa shape index (κ2) is 4.67. The summed E-state index contributed by atoms with van der Waals surface area (Å²) >= 11 is 3.39. The van der Waals surface area contributed by atoms with Gasteiger partial charge in [-0.1, -0.05) is 13.8 Å². The van der Waals surface area contributed by atoms with Crippen molar-refractivity contribution >= 4 is 28.9 Å². The van der Waals surface area contributed by atoms with Gasteiger partial charge in [0, 0.05) is 6.42 Å². The van der Waals surface area contributed by atoms with Crippen LogP contribution in [0.15, 0.2) is 16.3 Å². The molecule has 1 nitrogen and oxygen atoms in total. The number of ketones is 1. The van der Waals surface area contributed by atoms with E-state index in [0.717, 1.165) is 10.6 Å². The molecule has 3 heteroatoms. The van der Waals surface area contributed by atoms with Gasteiger partial charge >= 0.3 is 0 Å². The molecule has 0 bridgehead atoms. The maximum atomic E-state index is 11.2. The highest BCUT2D eigenvalue weighted by Gasteiger charge is 2.06. The number of hydrogen-bond donors (Lipinski definition) is 0. The summed E-state index contributed by atoms with van der Waals surface area (Å²) < 4.78 is 1.24. The minimum absolute atomic E-state index is 0.253. The highest BCUT2D eigenvalue weighted by atomic mass is 32.2. The highest BCUT2D eigenvalue weighted by molar-refractivity contribution is 8.01. The summed E-state index contributed by atoms with van der Waals surface area (Å²) in [5, 5.41) is 0. The Morgan fingerprint density at radius 3 is 2.83 bits per heavy atom. The van der Waals surface area contributed by atoms with Gasteiger partial charge in [0.1, 0.15) is 0 Å². The van der Waals surface area contributed by atoms with Gasteiger partial charge < -0.3 is 0 Å². The lowest BCUT2D eigenvalue weighted by molar-refractivity contribution is 0.0992. The monoisotopic (exact) mass is 200 g/mol. The van der Waals surface area contributed by atoms with Gasteiger partial charge in [-0.15, -0.1) is 23.1 Å². The molecule has 0 amide bonds. The summed E-state index contributed by atoms with van der Waals surface area (Å²) in [6.07, 6.45) is 0.608. The van der Waals surface area contributed by atoms with Crippen LogP contribution >= 0.6 is 23.1 Å². The van der Waals surface area contributed by atoms with Crippen LogP contribution in [-0.4, -0.2) is 11.5 Å². The van der Waals surface area contributed by atoms with Crippen molar-refractivity contribution in [2.45, 2.75) is 24.5 Å². The number of carbonyl (C=O) groups excluding carboxylic acids is 1. The van der Waals surface area contributed by atoms with Crippen molar-refractivity contribution in [2.24, 2.45) is 0 Å². The first-order valence-electron chi connectivity index (χ1n) is 4.03. The van der Waals surface area contributed by atoms with Crippen LogP contribution < -0.4 is 0 Å². The Labute approximate surface area is 81.2 Å². The van der Waals surface area contributed by atoms with Gasteiger partial charge in [0.25, 0.3) is 0 Å². The van der Waals surface area contributed by atoms with Crippen LogP contribution in [0.25, 0.3) is 0 Å². The Morgan fingerprint density at radius 2 is 2.25 bits per heavy atom. The molecule has 66 valence electrons. The molecule has 0 aromatic carbocycles. The lowest BCUT2D eigenvalue weighted by Gasteiger charge is -1.90. The van der Waals surface area contributed by atoms with Gasteiger partial charge in [-0.05, 0) is 17.9 Å². The quantitative estimate of drug-likeness (QED) is 0.547. The van der Waals surface area contributed by atoms with E-state index >= 15 is 0 Å². The maximum Gasteiger partial charge on any atom is 0.172 e. The topological polar surface area (TPSA) is 17.1 Å². The van der Waals surface area contributed by atoms with E-state index < -0.39 is 0 Å². The zero-order valence-electron chi connectivity index (χ0n) is 7.29. The third-order valence-electron chi connectivity index (χ3n) is 1.46. The molecule has 0 aliphatic heterocycles. The van der Waals surface area contributed by atoms with Crippen LogP contribution in [0.3, 0.4) is 0 Å². The van der Waals surface area contributed by atoms with Crippen LogP contribution in [0, 0.1) is 0 Å². The van der Waals surface area contributed by atoms with Crippen LogP contribution in [0.2, 0.25) is 0 Å². The molecule has 1 aromatic heterocycles. The minimum atomic E-state index is 0.253. The van der Waals surface area contributed by atoms with Crippen LogP contribution in [0.5, 0.6) is 0 Å². The number of hydrogen-bond acceptors (Lipinski definition) is 3. The van der Waals surface area contributed by atoms with Crippen molar-refractivity contribution in [1.29, 1.82) is 0 Å². The number of Topliss-reactive ketones (excluding diaryl/α,β-unsaturated/α-hetero) is 1. The minimum Gasteiger partial charge on any atom is -0.293 e. The molecular formula is C9H12OS2. The molecule has 0 unspecified atom stereocenters. The Hall–Kier alpha value is -0.280.